The second-order valence-corrected chi connectivity index (χ2v) is 7.71. The van der Waals surface area contributed by atoms with Crippen LogP contribution in [0.4, 0.5) is 0 Å². The van der Waals surface area contributed by atoms with Crippen molar-refractivity contribution in [2.24, 2.45) is 0 Å². The molecule has 6 heteroatoms. The number of hydrogen-bond acceptors (Lipinski definition) is 5. The highest BCUT2D eigenvalue weighted by Crippen LogP contribution is 2.26. The van der Waals surface area contributed by atoms with Crippen molar-refractivity contribution in [3.05, 3.63) is 29.3 Å². The van der Waals surface area contributed by atoms with Crippen molar-refractivity contribution < 1.29 is 9.53 Å². The molecule has 1 aliphatic heterocycles. The van der Waals surface area contributed by atoms with Crippen LogP contribution in [-0.4, -0.2) is 54.2 Å². The van der Waals surface area contributed by atoms with Gasteiger partial charge in [0.2, 0.25) is 5.91 Å². The van der Waals surface area contributed by atoms with E-state index in [4.69, 9.17) is 4.74 Å². The quantitative estimate of drug-likeness (QED) is 0.903. The Bertz CT molecular complexity index is 669. The Balaban J connectivity index is 1.51. The van der Waals surface area contributed by atoms with Gasteiger partial charge in [0.1, 0.15) is 0 Å². The molecule has 1 N–H and O–H groups in total. The minimum absolute atomic E-state index is 0.0731. The van der Waals surface area contributed by atoms with E-state index in [2.05, 4.69) is 35.1 Å². The van der Waals surface area contributed by atoms with Gasteiger partial charge in [-0.25, -0.2) is 4.98 Å². The largest absolute Gasteiger partial charge is 0.376 e. The van der Waals surface area contributed by atoms with Crippen LogP contribution in [0.15, 0.2) is 24.3 Å². The number of rotatable bonds is 5. The monoisotopic (exact) mass is 347 g/mol. The fourth-order valence-corrected chi connectivity index (χ4v) is 3.91. The van der Waals surface area contributed by atoms with E-state index in [-0.39, 0.29) is 24.0 Å². The summed E-state index contributed by atoms with van der Waals surface area (Å²) in [5.74, 6) is 0.288. The summed E-state index contributed by atoms with van der Waals surface area (Å²) >= 11 is 1.70. The normalized spacial score (nSPS) is 23.3. The summed E-state index contributed by atoms with van der Waals surface area (Å²) in [6, 6.07) is 8.43. The molecule has 0 saturated carbocycles. The Morgan fingerprint density at radius 1 is 1.46 bits per heavy atom. The molecule has 1 aliphatic rings. The molecule has 0 aliphatic carbocycles. The maximum atomic E-state index is 12.3. The first-order valence-corrected chi connectivity index (χ1v) is 9.32. The third kappa shape index (κ3) is 4.12. The number of carbonyl (C=O) groups excluding carboxylic acids is 1. The molecule has 0 radical (unpaired) electrons. The number of ether oxygens (including phenoxy) is 1. The summed E-state index contributed by atoms with van der Waals surface area (Å²) in [4.78, 5) is 19.1. The van der Waals surface area contributed by atoms with Gasteiger partial charge in [-0.1, -0.05) is 19.1 Å². The summed E-state index contributed by atoms with van der Waals surface area (Å²) in [7, 11) is 0. The molecule has 3 atom stereocenters. The van der Waals surface area contributed by atoms with Crippen LogP contribution >= 0.6 is 11.3 Å². The van der Waals surface area contributed by atoms with Gasteiger partial charge in [0.25, 0.3) is 0 Å². The number of para-hydroxylation sites is 1. The molecular formula is C18H25N3O2S. The lowest BCUT2D eigenvalue weighted by molar-refractivity contribution is -0.125. The van der Waals surface area contributed by atoms with Crippen LogP contribution in [-0.2, 0) is 9.53 Å². The van der Waals surface area contributed by atoms with Crippen LogP contribution in [0.5, 0.6) is 0 Å². The average molecular weight is 347 g/mol. The minimum Gasteiger partial charge on any atom is -0.376 e. The zero-order valence-corrected chi connectivity index (χ0v) is 15.3. The van der Waals surface area contributed by atoms with Crippen molar-refractivity contribution in [2.45, 2.75) is 38.8 Å². The zero-order valence-electron chi connectivity index (χ0n) is 14.5. The highest BCUT2D eigenvalue weighted by Gasteiger charge is 2.25. The number of benzene rings is 1. The Morgan fingerprint density at radius 3 is 3.04 bits per heavy atom. The van der Waals surface area contributed by atoms with Crippen LogP contribution < -0.4 is 5.32 Å². The summed E-state index contributed by atoms with van der Waals surface area (Å²) < 4.78 is 6.80. The first kappa shape index (κ1) is 17.3. The van der Waals surface area contributed by atoms with Gasteiger partial charge in [-0.05, 0) is 26.0 Å². The smallest absolute Gasteiger partial charge is 0.234 e. The highest BCUT2D eigenvalue weighted by molar-refractivity contribution is 7.18. The third-order valence-corrected chi connectivity index (χ3v) is 5.69. The van der Waals surface area contributed by atoms with E-state index in [1.54, 1.807) is 11.3 Å². The van der Waals surface area contributed by atoms with Crippen molar-refractivity contribution in [1.82, 2.24) is 15.2 Å². The highest BCUT2D eigenvalue weighted by atomic mass is 32.1. The number of nitrogens with zero attached hydrogens (tertiary/aromatic N) is 2. The number of aromatic nitrogens is 1. The standard InChI is InChI=1S/C18H25N3O2S/c1-12(18-20-15-6-4-5-7-16(15)24-18)8-19-17(22)10-21-9-14(3)23-11-13(21)2/h4-7,12-14H,8-11H2,1-3H3,(H,19,22)/t12-,13+,14+/m0/s1. The number of morpholine rings is 1. The van der Waals surface area contributed by atoms with Gasteiger partial charge in [-0.15, -0.1) is 11.3 Å². The summed E-state index contributed by atoms with van der Waals surface area (Å²) in [5, 5.41) is 4.13. The molecule has 3 rings (SSSR count). The van der Waals surface area contributed by atoms with Crippen molar-refractivity contribution in [2.75, 3.05) is 26.2 Å². The predicted molar refractivity (Wildman–Crippen MR) is 97.5 cm³/mol. The van der Waals surface area contributed by atoms with E-state index >= 15 is 0 Å². The maximum Gasteiger partial charge on any atom is 0.234 e. The number of amides is 1. The van der Waals surface area contributed by atoms with Crippen LogP contribution in [0.3, 0.4) is 0 Å². The summed E-state index contributed by atoms with van der Waals surface area (Å²) in [6.07, 6.45) is 0.190. The SMILES string of the molecule is C[C@@H]1CN(CC(=O)NC[C@H](C)c2nc3ccccc3s2)[C@H](C)CO1. The third-order valence-electron chi connectivity index (χ3n) is 4.42. The molecule has 1 aromatic carbocycles. The van der Waals surface area contributed by atoms with Crippen LogP contribution in [0.1, 0.15) is 31.7 Å². The van der Waals surface area contributed by atoms with Gasteiger partial charge in [0.15, 0.2) is 0 Å². The molecule has 0 bridgehead atoms. The van der Waals surface area contributed by atoms with Gasteiger partial charge in [-0.2, -0.15) is 0 Å². The first-order valence-electron chi connectivity index (χ1n) is 8.50. The Labute approximate surface area is 147 Å². The maximum absolute atomic E-state index is 12.3. The zero-order chi connectivity index (χ0) is 17.1. The number of thiazole rings is 1. The molecule has 2 heterocycles. The number of hydrogen-bond donors (Lipinski definition) is 1. The lowest BCUT2D eigenvalue weighted by Crippen LogP contribution is -2.51. The fraction of sp³-hybridized carbons (Fsp3) is 0.556. The van der Waals surface area contributed by atoms with E-state index < -0.39 is 0 Å². The molecule has 1 saturated heterocycles. The Hall–Kier alpha value is -1.50. The van der Waals surface area contributed by atoms with Gasteiger partial charge in [0, 0.05) is 25.0 Å². The number of carbonyl (C=O) groups is 1. The van der Waals surface area contributed by atoms with Crippen molar-refractivity contribution in [3.8, 4) is 0 Å². The molecule has 5 nitrogen and oxygen atoms in total. The summed E-state index contributed by atoms with van der Waals surface area (Å²) in [6.45, 7) is 8.80. The second-order valence-electron chi connectivity index (χ2n) is 6.65. The molecular weight excluding hydrogens is 322 g/mol. The lowest BCUT2D eigenvalue weighted by Gasteiger charge is -2.36. The van der Waals surface area contributed by atoms with E-state index in [0.29, 0.717) is 19.7 Å². The van der Waals surface area contributed by atoms with Crippen LogP contribution in [0.25, 0.3) is 10.2 Å². The average Bonchev–Trinajstić information content (AvgIpc) is 3.00. The van der Waals surface area contributed by atoms with Crippen molar-refractivity contribution in [3.63, 3.8) is 0 Å². The van der Waals surface area contributed by atoms with Gasteiger partial charge >= 0.3 is 0 Å². The molecule has 2 aromatic rings. The van der Waals surface area contributed by atoms with Gasteiger partial charge in [0.05, 0.1) is 34.5 Å². The number of nitrogens with one attached hydrogen (secondary N) is 1. The molecule has 1 aromatic heterocycles. The second kappa shape index (κ2) is 7.59. The van der Waals surface area contributed by atoms with Crippen molar-refractivity contribution in [1.29, 1.82) is 0 Å². The molecule has 0 spiro atoms. The first-order chi connectivity index (χ1) is 11.5. The van der Waals surface area contributed by atoms with E-state index in [0.717, 1.165) is 17.1 Å². The lowest BCUT2D eigenvalue weighted by atomic mass is 10.2. The predicted octanol–water partition coefficient (Wildman–Crippen LogP) is 2.63. The fourth-order valence-electron chi connectivity index (χ4n) is 2.89. The van der Waals surface area contributed by atoms with Crippen molar-refractivity contribution >= 4 is 27.5 Å². The topological polar surface area (TPSA) is 54.5 Å². The molecule has 24 heavy (non-hydrogen) atoms. The molecule has 1 fully saturated rings. The summed E-state index contributed by atoms with van der Waals surface area (Å²) in [5.41, 5.74) is 1.03. The van der Waals surface area contributed by atoms with Gasteiger partial charge in [-0.3, -0.25) is 9.69 Å². The van der Waals surface area contributed by atoms with E-state index in [1.807, 2.05) is 25.1 Å². The van der Waals surface area contributed by atoms with Gasteiger partial charge < -0.3 is 10.1 Å². The number of fused-ring (bicyclic) bond motifs is 1. The van der Waals surface area contributed by atoms with Crippen LogP contribution in [0, 0.1) is 0 Å². The van der Waals surface area contributed by atoms with E-state index in [1.165, 1.54) is 4.70 Å². The minimum atomic E-state index is 0.0731. The molecule has 1 amide bonds. The molecule has 130 valence electrons. The van der Waals surface area contributed by atoms with E-state index in [9.17, 15) is 4.79 Å². The Morgan fingerprint density at radius 2 is 2.25 bits per heavy atom. The molecule has 0 unspecified atom stereocenters. The Kier molecular flexibility index (Phi) is 5.48. The van der Waals surface area contributed by atoms with Crippen LogP contribution in [0.2, 0.25) is 0 Å².